The van der Waals surface area contributed by atoms with Crippen molar-refractivity contribution in [3.63, 3.8) is 0 Å². The van der Waals surface area contributed by atoms with Crippen molar-refractivity contribution < 1.29 is 250 Å². The third kappa shape index (κ3) is 33.2. The van der Waals surface area contributed by atoms with Crippen LogP contribution in [-0.4, -0.2) is 83.2 Å². The normalized spacial score (nSPS) is 12.8. The van der Waals surface area contributed by atoms with Gasteiger partial charge >= 0.3 is 177 Å². The zero-order chi connectivity index (χ0) is 62.4. The Morgan fingerprint density at radius 1 is 0.345 bits per heavy atom. The average molecular weight is 1400 g/mol. The summed E-state index contributed by atoms with van der Waals surface area (Å²) in [5.74, 6) is 4.16. The number of hydrogen-bond donors (Lipinski definition) is 6. The maximum atomic E-state index is 11.2. The Bertz CT molecular complexity index is 3150. The SMILES string of the molecule is CCCc1cccc(Oc2ccc(CCCC(P(=O)(O)O)S(=O)(=O)[O-])cc2)c1.CCCc1cccc(Oc2ccc(CCCC(P(=O)(O)O)S(=O)(=O)[O-])cc2)c1.CCCc1cccc(Oc2ccc(CCCC(P(=O)(O)O)S(=O)(=O)[O-])cc2)c1.[K+].[K+].[K+]. The third-order valence-electron chi connectivity index (χ3n) is 12.7. The van der Waals surface area contributed by atoms with Crippen molar-refractivity contribution in [3.8, 4) is 34.5 Å². The third-order valence-corrected chi connectivity index (χ3v) is 23.2. The van der Waals surface area contributed by atoms with Crippen LogP contribution in [0.25, 0.3) is 0 Å². The summed E-state index contributed by atoms with van der Waals surface area (Å²) in [5.41, 5.74) is 6.14. The molecule has 30 heteroatoms. The molecular weight excluding hydrogens is 1330 g/mol. The summed E-state index contributed by atoms with van der Waals surface area (Å²) in [4.78, 5) is 47.7. The molecule has 0 aromatic heterocycles. The van der Waals surface area contributed by atoms with Crippen LogP contribution in [0.4, 0.5) is 0 Å². The van der Waals surface area contributed by atoms with Crippen molar-refractivity contribution in [2.24, 2.45) is 0 Å². The molecule has 0 bridgehead atoms. The minimum absolute atomic E-state index is 0. The van der Waals surface area contributed by atoms with Crippen molar-refractivity contribution in [2.45, 2.75) is 132 Å². The van der Waals surface area contributed by atoms with Crippen LogP contribution in [0.15, 0.2) is 146 Å². The standard InChI is InChI=1S/3C19H25O7PS.3K/c3*1-2-5-16-7-3-8-18(14-16)26-17-12-10-15(11-13-17)6-4-9-19(27(20,21)22)28(23,24)25;;;/h3*3,7-8,10-14,19H,2,4-6,9H2,1H3,(H2,20,21,22)(H,23,24,25);;;/q;;;3*+1/p-3. The van der Waals surface area contributed by atoms with Gasteiger partial charge in [0.15, 0.2) is 15.0 Å². The molecule has 21 nitrogen and oxygen atoms in total. The van der Waals surface area contributed by atoms with Gasteiger partial charge in [-0.05, 0) is 183 Å². The second-order valence-corrected chi connectivity index (χ2v) is 30.8. The number of hydrogen-bond acceptors (Lipinski definition) is 15. The minimum Gasteiger partial charge on any atom is -0.747 e. The summed E-state index contributed by atoms with van der Waals surface area (Å²) in [7, 11) is -30.2. The molecule has 0 aliphatic carbocycles. The monoisotopic (exact) mass is 1400 g/mol. The van der Waals surface area contributed by atoms with E-state index in [0.717, 1.165) is 72.5 Å². The van der Waals surface area contributed by atoms with Crippen LogP contribution < -0.4 is 168 Å². The molecule has 0 saturated carbocycles. The van der Waals surface area contributed by atoms with E-state index >= 15 is 0 Å². The summed E-state index contributed by atoms with van der Waals surface area (Å²) in [6.45, 7) is 6.34. The first-order valence-electron chi connectivity index (χ1n) is 26.8. The molecule has 462 valence electrons. The summed E-state index contributed by atoms with van der Waals surface area (Å²) >= 11 is 0. The summed E-state index contributed by atoms with van der Waals surface area (Å²) in [5, 5.41) is 0. The molecule has 6 N–H and O–H groups in total. The largest absolute Gasteiger partial charge is 1.00 e. The molecule has 0 aliphatic rings. The minimum atomic E-state index is -5.06. The molecular formula is C57H72K3O21P3S3. The Morgan fingerprint density at radius 3 is 0.747 bits per heavy atom. The molecule has 6 aromatic carbocycles. The average Bonchev–Trinajstić information content (AvgIpc) is 2.80. The predicted octanol–water partition coefficient (Wildman–Crippen LogP) is 2.42. The fraction of sp³-hybridized carbons (Fsp3) is 0.368. The van der Waals surface area contributed by atoms with E-state index in [4.69, 9.17) is 43.6 Å². The molecule has 6 aromatic rings. The molecule has 0 fully saturated rings. The zero-order valence-corrected chi connectivity index (χ0v) is 64.1. The second kappa shape index (κ2) is 40.9. The van der Waals surface area contributed by atoms with Crippen molar-refractivity contribution in [1.29, 1.82) is 0 Å². The van der Waals surface area contributed by atoms with Gasteiger partial charge in [-0.1, -0.05) is 113 Å². The van der Waals surface area contributed by atoms with Gasteiger partial charge in [-0.3, -0.25) is 13.7 Å². The van der Waals surface area contributed by atoms with Crippen LogP contribution >= 0.6 is 22.8 Å². The van der Waals surface area contributed by atoms with E-state index in [1.807, 2.05) is 72.8 Å². The van der Waals surface area contributed by atoms with Gasteiger partial charge in [0.1, 0.15) is 64.9 Å². The molecule has 3 atom stereocenters. The van der Waals surface area contributed by atoms with Crippen LogP contribution in [0.2, 0.25) is 0 Å². The fourth-order valence-electron chi connectivity index (χ4n) is 8.62. The number of ether oxygens (including phenoxy) is 3. The summed E-state index contributed by atoms with van der Waals surface area (Å²) < 4.78 is 150. The van der Waals surface area contributed by atoms with Gasteiger partial charge < -0.3 is 57.2 Å². The number of aryl methyl sites for hydroxylation is 6. The van der Waals surface area contributed by atoms with Crippen LogP contribution in [0.5, 0.6) is 34.5 Å². The Balaban J connectivity index is 0.000000641. The molecule has 6 rings (SSSR count). The Labute approximate surface area is 639 Å². The first kappa shape index (κ1) is 84.8. The van der Waals surface area contributed by atoms with E-state index in [-0.39, 0.29) is 173 Å². The molecule has 0 heterocycles. The van der Waals surface area contributed by atoms with Crippen molar-refractivity contribution >= 4 is 53.1 Å². The Morgan fingerprint density at radius 2 is 0.563 bits per heavy atom. The van der Waals surface area contributed by atoms with E-state index < -0.39 is 87.4 Å². The number of rotatable bonds is 30. The van der Waals surface area contributed by atoms with Gasteiger partial charge in [-0.2, -0.15) is 0 Å². The van der Waals surface area contributed by atoms with Crippen LogP contribution in [0.3, 0.4) is 0 Å². The number of benzene rings is 6. The Kier molecular flexibility index (Phi) is 39.9. The smallest absolute Gasteiger partial charge is 0.747 e. The van der Waals surface area contributed by atoms with Gasteiger partial charge in [0, 0.05) is 0 Å². The zero-order valence-electron chi connectivity index (χ0n) is 49.6. The summed E-state index contributed by atoms with van der Waals surface area (Å²) in [6, 6.07) is 44.9. The van der Waals surface area contributed by atoms with Gasteiger partial charge in [0.2, 0.25) is 0 Å². The van der Waals surface area contributed by atoms with Crippen LogP contribution in [0.1, 0.15) is 112 Å². The van der Waals surface area contributed by atoms with E-state index in [2.05, 4.69) is 20.8 Å². The molecule has 0 spiro atoms. The van der Waals surface area contributed by atoms with Gasteiger partial charge in [-0.15, -0.1) is 0 Å². The fourth-order valence-corrected chi connectivity index (χ4v) is 15.6. The van der Waals surface area contributed by atoms with Gasteiger partial charge in [-0.25, -0.2) is 25.3 Å². The first-order valence-corrected chi connectivity index (χ1v) is 36.3. The first-order chi connectivity index (χ1) is 39.3. The molecule has 3 unspecified atom stereocenters. The van der Waals surface area contributed by atoms with E-state index in [9.17, 15) is 52.6 Å². The molecule has 87 heavy (non-hydrogen) atoms. The molecule has 0 saturated heterocycles. The molecule has 0 amide bonds. The van der Waals surface area contributed by atoms with E-state index in [1.165, 1.54) is 16.7 Å². The van der Waals surface area contributed by atoms with Gasteiger partial charge in [0.25, 0.3) is 0 Å². The summed E-state index contributed by atoms with van der Waals surface area (Å²) in [6.07, 6.45) is 6.56. The van der Waals surface area contributed by atoms with Crippen LogP contribution in [-0.2, 0) is 82.6 Å². The van der Waals surface area contributed by atoms with Crippen LogP contribution in [0, 0.1) is 0 Å². The van der Waals surface area contributed by atoms with Crippen molar-refractivity contribution in [1.82, 2.24) is 0 Å². The quantitative estimate of drug-likeness (QED) is 0.0214. The van der Waals surface area contributed by atoms with Crippen molar-refractivity contribution in [3.05, 3.63) is 179 Å². The van der Waals surface area contributed by atoms with E-state index in [0.29, 0.717) is 36.5 Å². The maximum Gasteiger partial charge on any atom is 1.00 e. The molecule has 0 aliphatic heterocycles. The topological polar surface area (TPSA) is 372 Å². The second-order valence-electron chi connectivity index (χ2n) is 19.7. The molecule has 0 radical (unpaired) electrons. The van der Waals surface area contributed by atoms with E-state index in [1.54, 1.807) is 72.8 Å². The predicted molar refractivity (Wildman–Crippen MR) is 316 cm³/mol. The Hall–Kier alpha value is -0.191. The van der Waals surface area contributed by atoms with Gasteiger partial charge in [0.05, 0.1) is 0 Å². The van der Waals surface area contributed by atoms with Crippen molar-refractivity contribution in [2.75, 3.05) is 0 Å². The maximum absolute atomic E-state index is 11.2.